The molecule has 1 atom stereocenters. The van der Waals surface area contributed by atoms with Crippen molar-refractivity contribution in [1.82, 2.24) is 14.6 Å². The number of carbonyl (C=O) groups is 4. The van der Waals surface area contributed by atoms with Gasteiger partial charge in [0.15, 0.2) is 5.69 Å². The Hall–Kier alpha value is -3.47. The number of anilines is 1. The third-order valence-corrected chi connectivity index (χ3v) is 5.85. The summed E-state index contributed by atoms with van der Waals surface area (Å²) in [5.74, 6) is -2.41. The molecule has 1 aromatic carbocycles. The molecule has 2 aromatic rings. The van der Waals surface area contributed by atoms with Crippen LogP contribution in [0.2, 0.25) is 0 Å². The molecular formula is C23H31N5O5S. The molecule has 34 heavy (non-hydrogen) atoms. The quantitative estimate of drug-likeness (QED) is 0.407. The summed E-state index contributed by atoms with van der Waals surface area (Å²) >= 11 is 0.679. The molecule has 1 aromatic heterocycles. The number of carbonyl (C=O) groups excluding carboxylic acids is 4. The maximum Gasteiger partial charge on any atom is 0.325 e. The molecule has 0 radical (unpaired) electrons. The van der Waals surface area contributed by atoms with Crippen molar-refractivity contribution in [2.24, 2.45) is 11.7 Å². The predicted molar refractivity (Wildman–Crippen MR) is 129 cm³/mol. The zero-order chi connectivity index (χ0) is 25.4. The molecular weight excluding hydrogens is 458 g/mol. The van der Waals surface area contributed by atoms with E-state index in [9.17, 15) is 19.2 Å². The van der Waals surface area contributed by atoms with Gasteiger partial charge in [0, 0.05) is 6.54 Å². The number of amides is 3. The fourth-order valence-electron chi connectivity index (χ4n) is 3.19. The van der Waals surface area contributed by atoms with Crippen LogP contribution in [0, 0.1) is 12.8 Å². The first-order valence-corrected chi connectivity index (χ1v) is 11.7. The van der Waals surface area contributed by atoms with Crippen molar-refractivity contribution < 1.29 is 23.9 Å². The van der Waals surface area contributed by atoms with Crippen molar-refractivity contribution in [3.8, 4) is 0 Å². The number of nitrogens with one attached hydrogen (secondary N) is 1. The van der Waals surface area contributed by atoms with E-state index in [2.05, 4.69) is 9.69 Å². The Labute approximate surface area is 202 Å². The van der Waals surface area contributed by atoms with Crippen LogP contribution in [0.15, 0.2) is 24.3 Å². The van der Waals surface area contributed by atoms with Crippen LogP contribution in [0.5, 0.6) is 0 Å². The number of nitrogen functional groups attached to an aromatic ring is 1. The van der Waals surface area contributed by atoms with Crippen molar-refractivity contribution in [2.75, 3.05) is 25.4 Å². The third-order valence-electron chi connectivity index (χ3n) is 5.00. The Bertz CT molecular complexity index is 1030. The Kier molecular flexibility index (Phi) is 9.55. The molecule has 0 aliphatic heterocycles. The smallest absolute Gasteiger partial charge is 0.325 e. The van der Waals surface area contributed by atoms with Gasteiger partial charge in [-0.25, -0.2) is 0 Å². The van der Waals surface area contributed by atoms with Crippen LogP contribution in [0.25, 0.3) is 0 Å². The third kappa shape index (κ3) is 6.77. The standard InChI is InChI=1S/C23H31N5O5S/c1-5-33-16(29)12-28(23(32)20-17(24)18(21(25)30)27-34-20)19(15-8-6-14(4)7-9-15)22(31)26-11-10-13(2)3/h6-9,13,19H,5,10-12,24H2,1-4H3,(H2,25,30)(H,26,31)/t19-/m1/s1. The van der Waals surface area contributed by atoms with Crippen LogP contribution in [0.4, 0.5) is 5.69 Å². The molecule has 0 spiro atoms. The number of hydrogen-bond acceptors (Lipinski definition) is 8. The summed E-state index contributed by atoms with van der Waals surface area (Å²) in [5.41, 5.74) is 12.3. The Balaban J connectivity index is 2.54. The first kappa shape index (κ1) is 26.8. The van der Waals surface area contributed by atoms with Crippen LogP contribution in [0.1, 0.15) is 64.5 Å². The van der Waals surface area contributed by atoms with Gasteiger partial charge >= 0.3 is 5.97 Å². The van der Waals surface area contributed by atoms with Gasteiger partial charge in [0.1, 0.15) is 17.5 Å². The van der Waals surface area contributed by atoms with Gasteiger partial charge in [-0.2, -0.15) is 4.37 Å². The van der Waals surface area contributed by atoms with Gasteiger partial charge in [0.05, 0.1) is 12.3 Å². The molecule has 0 saturated heterocycles. The molecule has 5 N–H and O–H groups in total. The zero-order valence-corrected chi connectivity index (χ0v) is 20.6. The lowest BCUT2D eigenvalue weighted by molar-refractivity contribution is -0.144. The van der Waals surface area contributed by atoms with Gasteiger partial charge in [-0.3, -0.25) is 19.2 Å². The van der Waals surface area contributed by atoms with Gasteiger partial charge in [-0.05, 0) is 43.3 Å². The van der Waals surface area contributed by atoms with Gasteiger partial charge in [-0.15, -0.1) is 0 Å². The van der Waals surface area contributed by atoms with Crippen LogP contribution in [-0.2, 0) is 14.3 Å². The molecule has 0 aliphatic carbocycles. The highest BCUT2D eigenvalue weighted by atomic mass is 32.1. The van der Waals surface area contributed by atoms with Gasteiger partial charge in [0.25, 0.3) is 11.8 Å². The Morgan fingerprint density at radius 3 is 2.35 bits per heavy atom. The summed E-state index contributed by atoms with van der Waals surface area (Å²) in [6.45, 7) is 7.59. The van der Waals surface area contributed by atoms with E-state index in [1.54, 1.807) is 19.1 Å². The first-order chi connectivity index (χ1) is 16.1. The predicted octanol–water partition coefficient (Wildman–Crippen LogP) is 2.04. The molecule has 0 bridgehead atoms. The summed E-state index contributed by atoms with van der Waals surface area (Å²) < 4.78 is 8.92. The van der Waals surface area contributed by atoms with Crippen LogP contribution in [0.3, 0.4) is 0 Å². The van der Waals surface area contributed by atoms with E-state index in [1.165, 1.54) is 0 Å². The fraction of sp³-hybridized carbons (Fsp3) is 0.435. The minimum absolute atomic E-state index is 0.0924. The monoisotopic (exact) mass is 489 g/mol. The average Bonchev–Trinajstić information content (AvgIpc) is 3.15. The summed E-state index contributed by atoms with van der Waals surface area (Å²) in [5, 5.41) is 2.85. The van der Waals surface area contributed by atoms with E-state index in [0.29, 0.717) is 29.6 Å². The van der Waals surface area contributed by atoms with Gasteiger partial charge < -0.3 is 26.4 Å². The molecule has 0 unspecified atom stereocenters. The topological polar surface area (TPSA) is 158 Å². The molecule has 0 fully saturated rings. The molecule has 10 nitrogen and oxygen atoms in total. The van der Waals surface area contributed by atoms with E-state index < -0.39 is 36.3 Å². The molecule has 2 rings (SSSR count). The van der Waals surface area contributed by atoms with E-state index >= 15 is 0 Å². The Morgan fingerprint density at radius 2 is 1.82 bits per heavy atom. The summed E-state index contributed by atoms with van der Waals surface area (Å²) in [6.07, 6.45) is 0.738. The molecule has 3 amide bonds. The summed E-state index contributed by atoms with van der Waals surface area (Å²) in [7, 11) is 0. The number of aryl methyl sites for hydroxylation is 1. The maximum absolute atomic E-state index is 13.6. The minimum atomic E-state index is -1.15. The normalized spacial score (nSPS) is 11.7. The van der Waals surface area contributed by atoms with E-state index in [-0.39, 0.29) is 22.9 Å². The van der Waals surface area contributed by atoms with E-state index in [0.717, 1.165) is 16.9 Å². The largest absolute Gasteiger partial charge is 0.465 e. The number of esters is 1. The second-order valence-electron chi connectivity index (χ2n) is 8.16. The van der Waals surface area contributed by atoms with E-state index in [4.69, 9.17) is 16.2 Å². The number of aromatic nitrogens is 1. The highest BCUT2D eigenvalue weighted by Gasteiger charge is 2.36. The van der Waals surface area contributed by atoms with Crippen molar-refractivity contribution in [2.45, 2.75) is 40.2 Å². The van der Waals surface area contributed by atoms with Crippen molar-refractivity contribution in [1.29, 1.82) is 0 Å². The summed E-state index contributed by atoms with van der Waals surface area (Å²) in [4.78, 5) is 51.9. The van der Waals surface area contributed by atoms with Crippen LogP contribution in [-0.4, -0.2) is 52.7 Å². The van der Waals surface area contributed by atoms with Crippen molar-refractivity contribution in [3.63, 3.8) is 0 Å². The number of benzene rings is 1. The molecule has 1 heterocycles. The van der Waals surface area contributed by atoms with Crippen molar-refractivity contribution >= 4 is 40.9 Å². The lowest BCUT2D eigenvalue weighted by Crippen LogP contribution is -2.46. The number of nitrogens with zero attached hydrogens (tertiary/aromatic N) is 2. The SMILES string of the molecule is CCOC(=O)CN(C(=O)c1snc(C(N)=O)c1N)[C@@H](C(=O)NCCC(C)C)c1ccc(C)cc1. The maximum atomic E-state index is 13.6. The highest BCUT2D eigenvalue weighted by molar-refractivity contribution is 7.09. The first-order valence-electron chi connectivity index (χ1n) is 10.9. The zero-order valence-electron chi connectivity index (χ0n) is 19.8. The number of nitrogens with two attached hydrogens (primary N) is 2. The summed E-state index contributed by atoms with van der Waals surface area (Å²) in [6, 6.07) is 5.91. The number of ether oxygens (including phenoxy) is 1. The second kappa shape index (κ2) is 12.1. The number of rotatable bonds is 11. The average molecular weight is 490 g/mol. The molecule has 0 aliphatic rings. The van der Waals surface area contributed by atoms with Gasteiger partial charge in [-0.1, -0.05) is 43.7 Å². The second-order valence-corrected chi connectivity index (χ2v) is 8.94. The molecule has 11 heteroatoms. The number of hydrogen-bond donors (Lipinski definition) is 3. The van der Waals surface area contributed by atoms with E-state index in [1.807, 2.05) is 32.9 Å². The Morgan fingerprint density at radius 1 is 1.18 bits per heavy atom. The molecule has 184 valence electrons. The van der Waals surface area contributed by atoms with Crippen LogP contribution < -0.4 is 16.8 Å². The highest BCUT2D eigenvalue weighted by Crippen LogP contribution is 2.29. The van der Waals surface area contributed by atoms with Crippen molar-refractivity contribution in [3.05, 3.63) is 46.0 Å². The fourth-order valence-corrected chi connectivity index (χ4v) is 3.95. The minimum Gasteiger partial charge on any atom is -0.465 e. The van der Waals surface area contributed by atoms with Crippen LogP contribution >= 0.6 is 11.5 Å². The lowest BCUT2D eigenvalue weighted by atomic mass is 10.0. The number of primary amides is 1. The van der Waals surface area contributed by atoms with Gasteiger partial charge in [0.2, 0.25) is 5.91 Å². The lowest BCUT2D eigenvalue weighted by Gasteiger charge is -2.30. The molecule has 0 saturated carbocycles.